The van der Waals surface area contributed by atoms with Gasteiger partial charge in [0, 0.05) is 35.1 Å². The van der Waals surface area contributed by atoms with E-state index in [2.05, 4.69) is 65.6 Å². The van der Waals surface area contributed by atoms with Crippen LogP contribution in [0.4, 0.5) is 0 Å². The summed E-state index contributed by atoms with van der Waals surface area (Å²) in [4.78, 5) is 4.11. The minimum absolute atomic E-state index is 0.340. The summed E-state index contributed by atoms with van der Waals surface area (Å²) in [5, 5.41) is 7.11. The lowest BCUT2D eigenvalue weighted by atomic mass is 9.71. The van der Waals surface area contributed by atoms with Crippen LogP contribution in [0, 0.1) is 5.41 Å². The lowest BCUT2D eigenvalue weighted by Crippen LogP contribution is -2.47. The maximum Gasteiger partial charge on any atom is 0.0242 e. The number of rotatable bonds is 9. The lowest BCUT2D eigenvalue weighted by molar-refractivity contribution is 0.0919. The highest BCUT2D eigenvalue weighted by Crippen LogP contribution is 2.48. The molecule has 1 atom stereocenters. The first-order valence-electron chi connectivity index (χ1n) is 12.1. The van der Waals surface area contributed by atoms with Crippen LogP contribution in [0.3, 0.4) is 0 Å². The largest absolute Gasteiger partial charge is 0.391 e. The Bertz CT molecular complexity index is 815. The van der Waals surface area contributed by atoms with Crippen molar-refractivity contribution in [3.63, 3.8) is 0 Å². The van der Waals surface area contributed by atoms with Crippen molar-refractivity contribution in [2.75, 3.05) is 32.4 Å². The summed E-state index contributed by atoms with van der Waals surface area (Å²) in [7, 11) is 0. The third kappa shape index (κ3) is 4.90. The van der Waals surface area contributed by atoms with Crippen molar-refractivity contribution in [2.24, 2.45) is 5.41 Å². The standard InChI is InChI=1S/C27H39N3S/c1-4-6-23(13-16-28-5-2)30-17-14-27(15-18-30)20-29-26-12-9-22(19-25(26)27)21-7-10-24(31-3)11-8-21/h5,7-8,10-11,19,23,28-29H,2,4,6,9,12-18,20H2,1,3H3. The number of hydrogen-bond donors (Lipinski definition) is 2. The van der Waals surface area contributed by atoms with Gasteiger partial charge >= 0.3 is 0 Å². The van der Waals surface area contributed by atoms with E-state index >= 15 is 0 Å². The van der Waals surface area contributed by atoms with Crippen LogP contribution in [0.1, 0.15) is 57.4 Å². The van der Waals surface area contributed by atoms with Crippen LogP contribution in [0.25, 0.3) is 5.57 Å². The van der Waals surface area contributed by atoms with Crippen LogP contribution < -0.4 is 10.6 Å². The Balaban J connectivity index is 1.46. The first kappa shape index (κ1) is 22.5. The molecule has 31 heavy (non-hydrogen) atoms. The normalized spacial score (nSPS) is 21.4. The number of likely N-dealkylation sites (tertiary alicyclic amines) is 1. The molecule has 1 fully saturated rings. The number of nitrogens with one attached hydrogen (secondary N) is 2. The average Bonchev–Trinajstić information content (AvgIpc) is 3.16. The molecule has 1 unspecified atom stereocenters. The van der Waals surface area contributed by atoms with Gasteiger partial charge in [0.05, 0.1) is 0 Å². The minimum Gasteiger partial charge on any atom is -0.391 e. The van der Waals surface area contributed by atoms with E-state index in [1.54, 1.807) is 5.57 Å². The third-order valence-corrected chi connectivity index (χ3v) is 8.36. The van der Waals surface area contributed by atoms with Crippen LogP contribution >= 0.6 is 11.8 Å². The molecular formula is C27H39N3S. The third-order valence-electron chi connectivity index (χ3n) is 7.62. The fraction of sp³-hybridized carbons (Fsp3) is 0.556. The summed E-state index contributed by atoms with van der Waals surface area (Å²) >= 11 is 1.82. The Morgan fingerprint density at radius 1 is 1.19 bits per heavy atom. The predicted molar refractivity (Wildman–Crippen MR) is 135 cm³/mol. The van der Waals surface area contributed by atoms with Gasteiger partial charge in [-0.25, -0.2) is 0 Å². The van der Waals surface area contributed by atoms with Gasteiger partial charge in [-0.05, 0) is 92.9 Å². The average molecular weight is 438 g/mol. The van der Waals surface area contributed by atoms with Crippen molar-refractivity contribution in [3.05, 3.63) is 60.0 Å². The van der Waals surface area contributed by atoms with E-state index in [1.165, 1.54) is 73.3 Å². The fourth-order valence-electron chi connectivity index (χ4n) is 5.75. The van der Waals surface area contributed by atoms with Crippen LogP contribution in [0.5, 0.6) is 0 Å². The molecule has 2 N–H and O–H groups in total. The first-order valence-corrected chi connectivity index (χ1v) is 13.3. The van der Waals surface area contributed by atoms with E-state index in [0.717, 1.165) is 19.5 Å². The van der Waals surface area contributed by atoms with Gasteiger partial charge in [-0.15, -0.1) is 11.8 Å². The molecule has 3 nitrogen and oxygen atoms in total. The summed E-state index contributed by atoms with van der Waals surface area (Å²) in [6.45, 7) is 10.7. The number of thioether (sulfide) groups is 1. The number of piperidine rings is 1. The van der Waals surface area contributed by atoms with Gasteiger partial charge in [-0.1, -0.05) is 38.1 Å². The summed E-state index contributed by atoms with van der Waals surface area (Å²) in [5.74, 6) is 0. The molecule has 0 amide bonds. The second-order valence-electron chi connectivity index (χ2n) is 9.35. The Morgan fingerprint density at radius 3 is 2.65 bits per heavy atom. The summed E-state index contributed by atoms with van der Waals surface area (Å²) < 4.78 is 0. The van der Waals surface area contributed by atoms with Gasteiger partial charge in [0.15, 0.2) is 0 Å². The molecule has 1 aromatic carbocycles. The quantitative estimate of drug-likeness (QED) is 0.376. The van der Waals surface area contributed by atoms with Crippen molar-refractivity contribution in [1.82, 2.24) is 15.5 Å². The Labute approximate surface area is 193 Å². The minimum atomic E-state index is 0.340. The van der Waals surface area contributed by atoms with Crippen molar-refractivity contribution >= 4 is 17.3 Å². The van der Waals surface area contributed by atoms with Crippen molar-refractivity contribution in [1.29, 1.82) is 0 Å². The monoisotopic (exact) mass is 437 g/mol. The summed E-state index contributed by atoms with van der Waals surface area (Å²) in [6.07, 6.45) is 15.2. The predicted octanol–water partition coefficient (Wildman–Crippen LogP) is 5.82. The molecule has 4 rings (SSSR count). The maximum atomic E-state index is 3.81. The van der Waals surface area contributed by atoms with E-state index in [9.17, 15) is 0 Å². The van der Waals surface area contributed by atoms with E-state index in [-0.39, 0.29) is 0 Å². The fourth-order valence-corrected chi connectivity index (χ4v) is 6.15. The van der Waals surface area contributed by atoms with Gasteiger partial charge in [0.2, 0.25) is 0 Å². The number of nitrogens with zero attached hydrogens (tertiary/aromatic N) is 1. The lowest BCUT2D eigenvalue weighted by Gasteiger charge is -2.43. The molecule has 0 bridgehead atoms. The van der Waals surface area contributed by atoms with Crippen molar-refractivity contribution < 1.29 is 0 Å². The van der Waals surface area contributed by atoms with Gasteiger partial charge < -0.3 is 15.5 Å². The molecule has 1 saturated heterocycles. The highest BCUT2D eigenvalue weighted by molar-refractivity contribution is 7.98. The molecular weight excluding hydrogens is 398 g/mol. The van der Waals surface area contributed by atoms with Crippen LogP contribution in [-0.2, 0) is 0 Å². The molecule has 0 saturated carbocycles. The van der Waals surface area contributed by atoms with E-state index in [4.69, 9.17) is 0 Å². The topological polar surface area (TPSA) is 27.3 Å². The highest BCUT2D eigenvalue weighted by Gasteiger charge is 2.43. The zero-order valence-corrected chi connectivity index (χ0v) is 20.2. The molecule has 1 aliphatic carbocycles. The van der Waals surface area contributed by atoms with Gasteiger partial charge in [0.25, 0.3) is 0 Å². The number of hydrogen-bond acceptors (Lipinski definition) is 4. The van der Waals surface area contributed by atoms with Gasteiger partial charge in [-0.3, -0.25) is 0 Å². The van der Waals surface area contributed by atoms with Crippen LogP contribution in [-0.4, -0.2) is 43.4 Å². The van der Waals surface area contributed by atoms with Crippen molar-refractivity contribution in [2.45, 2.75) is 62.8 Å². The van der Waals surface area contributed by atoms with Gasteiger partial charge in [-0.2, -0.15) is 0 Å². The second-order valence-corrected chi connectivity index (χ2v) is 10.2. The van der Waals surface area contributed by atoms with Crippen molar-refractivity contribution in [3.8, 4) is 0 Å². The number of benzene rings is 1. The highest BCUT2D eigenvalue weighted by atomic mass is 32.2. The zero-order chi connectivity index (χ0) is 21.7. The summed E-state index contributed by atoms with van der Waals surface area (Å²) in [5.41, 5.74) is 6.42. The number of fused-ring (bicyclic) bond motifs is 1. The molecule has 0 aromatic heterocycles. The Kier molecular flexibility index (Phi) is 7.50. The summed E-state index contributed by atoms with van der Waals surface area (Å²) in [6, 6.07) is 9.85. The Morgan fingerprint density at radius 2 is 1.97 bits per heavy atom. The Hall–Kier alpha value is -1.65. The van der Waals surface area contributed by atoms with E-state index < -0.39 is 0 Å². The van der Waals surface area contributed by atoms with Crippen LogP contribution in [0.2, 0.25) is 0 Å². The molecule has 168 valence electrons. The second kappa shape index (κ2) is 10.3. The molecule has 2 aliphatic heterocycles. The molecule has 1 aromatic rings. The zero-order valence-electron chi connectivity index (χ0n) is 19.4. The van der Waals surface area contributed by atoms with Gasteiger partial charge in [0.1, 0.15) is 0 Å². The molecule has 0 radical (unpaired) electrons. The van der Waals surface area contributed by atoms with E-state index in [0.29, 0.717) is 11.5 Å². The molecule has 2 heterocycles. The number of allylic oxidation sites excluding steroid dienone is 3. The first-order chi connectivity index (χ1) is 15.2. The molecule has 1 spiro atoms. The SMILES string of the molecule is C=CNCCC(CCC)N1CCC2(CC1)CNC1=C2C=C(c2ccc(SC)cc2)CC1. The maximum absolute atomic E-state index is 3.81. The molecule has 3 aliphatic rings. The van der Waals surface area contributed by atoms with E-state index in [1.807, 2.05) is 18.0 Å². The van der Waals surface area contributed by atoms with Crippen LogP contribution in [0.15, 0.2) is 59.3 Å². The smallest absolute Gasteiger partial charge is 0.0242 e. The molecule has 4 heteroatoms.